The topological polar surface area (TPSA) is 48.2 Å². The van der Waals surface area contributed by atoms with Crippen molar-refractivity contribution >= 4 is 0 Å². The Morgan fingerprint density at radius 3 is 2.86 bits per heavy atom. The lowest BCUT2D eigenvalue weighted by Crippen LogP contribution is -1.98. The first kappa shape index (κ1) is 13.8. The van der Waals surface area contributed by atoms with Crippen molar-refractivity contribution in [2.24, 2.45) is 11.8 Å². The molecule has 116 valence electrons. The number of rotatable bonds is 5. The second-order valence-electron chi connectivity index (χ2n) is 6.59. The van der Waals surface area contributed by atoms with Crippen LogP contribution in [0.1, 0.15) is 55.3 Å². The molecule has 0 bridgehead atoms. The zero-order valence-corrected chi connectivity index (χ0v) is 13.0. The molecule has 1 aromatic heterocycles. The van der Waals surface area contributed by atoms with Crippen LogP contribution in [0, 0.1) is 11.8 Å². The zero-order chi connectivity index (χ0) is 14.9. The minimum absolute atomic E-state index is 0.516. The maximum absolute atomic E-state index is 5.52. The van der Waals surface area contributed by atoms with Crippen LogP contribution >= 0.6 is 0 Å². The van der Waals surface area contributed by atoms with Crippen molar-refractivity contribution in [3.8, 4) is 5.75 Å². The van der Waals surface area contributed by atoms with E-state index in [0.29, 0.717) is 12.3 Å². The molecular formula is C18H22N2O2. The predicted octanol–water partition coefficient (Wildman–Crippen LogP) is 3.96. The average Bonchev–Trinajstić information content (AvgIpc) is 2.98. The molecule has 2 fully saturated rings. The zero-order valence-electron chi connectivity index (χ0n) is 13.0. The van der Waals surface area contributed by atoms with Gasteiger partial charge >= 0.3 is 0 Å². The van der Waals surface area contributed by atoms with Gasteiger partial charge in [-0.05, 0) is 24.3 Å². The van der Waals surface area contributed by atoms with E-state index in [9.17, 15) is 0 Å². The quantitative estimate of drug-likeness (QED) is 0.838. The van der Waals surface area contributed by atoms with Crippen molar-refractivity contribution in [3.63, 3.8) is 0 Å². The van der Waals surface area contributed by atoms with Gasteiger partial charge < -0.3 is 9.26 Å². The molecule has 0 N–H and O–H groups in total. The molecule has 0 radical (unpaired) electrons. The monoisotopic (exact) mass is 298 g/mol. The highest BCUT2D eigenvalue weighted by molar-refractivity contribution is 5.35. The van der Waals surface area contributed by atoms with Crippen LogP contribution in [0.3, 0.4) is 0 Å². The molecule has 2 aliphatic carbocycles. The third-order valence-electron chi connectivity index (χ3n) is 5.19. The first-order chi connectivity index (χ1) is 10.8. The van der Waals surface area contributed by atoms with E-state index in [2.05, 4.69) is 10.1 Å². The minimum atomic E-state index is 0.516. The molecule has 0 amide bonds. The number of ether oxygens (including phenoxy) is 1. The SMILES string of the molecule is COc1ccccc1Cc1noc(C2CC2C2CCCC2)n1. The molecule has 4 nitrogen and oxygen atoms in total. The highest BCUT2D eigenvalue weighted by Crippen LogP contribution is 2.55. The number of para-hydroxylation sites is 1. The number of nitrogens with zero attached hydrogens (tertiary/aromatic N) is 2. The van der Waals surface area contributed by atoms with E-state index in [1.165, 1.54) is 32.1 Å². The van der Waals surface area contributed by atoms with E-state index in [4.69, 9.17) is 9.26 Å². The molecule has 0 spiro atoms. The van der Waals surface area contributed by atoms with E-state index in [-0.39, 0.29) is 0 Å². The van der Waals surface area contributed by atoms with E-state index >= 15 is 0 Å². The molecule has 0 aliphatic heterocycles. The molecule has 2 aliphatic rings. The minimum Gasteiger partial charge on any atom is -0.496 e. The maximum Gasteiger partial charge on any atom is 0.230 e. The van der Waals surface area contributed by atoms with Crippen molar-refractivity contribution in [3.05, 3.63) is 41.5 Å². The van der Waals surface area contributed by atoms with Crippen molar-refractivity contribution in [1.82, 2.24) is 10.1 Å². The molecule has 1 heterocycles. The second kappa shape index (κ2) is 5.75. The number of methoxy groups -OCH3 is 1. The summed E-state index contributed by atoms with van der Waals surface area (Å²) < 4.78 is 10.9. The van der Waals surface area contributed by atoms with Gasteiger partial charge in [-0.25, -0.2) is 0 Å². The first-order valence-electron chi connectivity index (χ1n) is 8.29. The summed E-state index contributed by atoms with van der Waals surface area (Å²) >= 11 is 0. The standard InChI is InChI=1S/C18H22N2O2/c1-21-16-9-5-4-8-13(16)10-17-19-18(22-20-17)15-11-14(15)12-6-2-3-7-12/h4-5,8-9,12,14-15H,2-3,6-7,10-11H2,1H3. The molecule has 2 unspecified atom stereocenters. The number of benzene rings is 1. The van der Waals surface area contributed by atoms with E-state index in [1.54, 1.807) is 7.11 Å². The summed E-state index contributed by atoms with van der Waals surface area (Å²) in [6.45, 7) is 0. The lowest BCUT2D eigenvalue weighted by Gasteiger charge is -2.05. The Bertz CT molecular complexity index is 646. The van der Waals surface area contributed by atoms with Gasteiger partial charge in [0.25, 0.3) is 0 Å². The molecule has 22 heavy (non-hydrogen) atoms. The Hall–Kier alpha value is -1.84. The molecule has 1 aromatic carbocycles. The number of aromatic nitrogens is 2. The smallest absolute Gasteiger partial charge is 0.230 e. The van der Waals surface area contributed by atoms with Crippen molar-refractivity contribution in [2.45, 2.75) is 44.4 Å². The molecule has 2 aromatic rings. The summed E-state index contributed by atoms with van der Waals surface area (Å²) in [6.07, 6.45) is 7.48. The Morgan fingerprint density at radius 1 is 1.23 bits per heavy atom. The van der Waals surface area contributed by atoms with Gasteiger partial charge in [-0.1, -0.05) is 49.0 Å². The van der Waals surface area contributed by atoms with Crippen LogP contribution in [-0.4, -0.2) is 17.3 Å². The summed E-state index contributed by atoms with van der Waals surface area (Å²) in [5, 5.41) is 4.17. The molecule has 0 saturated heterocycles. The Kier molecular flexibility index (Phi) is 3.60. The summed E-state index contributed by atoms with van der Waals surface area (Å²) in [5.74, 6) is 4.70. The fourth-order valence-corrected chi connectivity index (χ4v) is 3.91. The van der Waals surface area contributed by atoms with Gasteiger partial charge in [0.05, 0.1) is 7.11 Å². The van der Waals surface area contributed by atoms with E-state index in [0.717, 1.165) is 34.9 Å². The first-order valence-corrected chi connectivity index (χ1v) is 8.29. The van der Waals surface area contributed by atoms with Crippen molar-refractivity contribution in [1.29, 1.82) is 0 Å². The van der Waals surface area contributed by atoms with Gasteiger partial charge in [-0.3, -0.25) is 0 Å². The number of hydrogen-bond donors (Lipinski definition) is 0. The highest BCUT2D eigenvalue weighted by Gasteiger charge is 2.47. The van der Waals surface area contributed by atoms with Crippen LogP contribution in [0.15, 0.2) is 28.8 Å². The summed E-state index contributed by atoms with van der Waals surface area (Å²) in [5.41, 5.74) is 1.10. The van der Waals surface area contributed by atoms with Crippen molar-refractivity contribution in [2.75, 3.05) is 7.11 Å². The molecular weight excluding hydrogens is 276 g/mol. The lowest BCUT2D eigenvalue weighted by atomic mass is 10.0. The largest absolute Gasteiger partial charge is 0.496 e. The highest BCUT2D eigenvalue weighted by atomic mass is 16.5. The summed E-state index contributed by atoms with van der Waals surface area (Å²) in [7, 11) is 1.69. The fourth-order valence-electron chi connectivity index (χ4n) is 3.91. The van der Waals surface area contributed by atoms with Gasteiger partial charge in [0.15, 0.2) is 5.82 Å². The van der Waals surface area contributed by atoms with E-state index < -0.39 is 0 Å². The Morgan fingerprint density at radius 2 is 2.05 bits per heavy atom. The summed E-state index contributed by atoms with van der Waals surface area (Å²) in [4.78, 5) is 4.63. The third kappa shape index (κ3) is 2.62. The fraction of sp³-hybridized carbons (Fsp3) is 0.556. The van der Waals surface area contributed by atoms with Crippen LogP contribution in [0.4, 0.5) is 0 Å². The molecule has 2 atom stereocenters. The molecule has 4 heteroatoms. The van der Waals surface area contributed by atoms with Crippen molar-refractivity contribution < 1.29 is 9.26 Å². The average molecular weight is 298 g/mol. The Labute approximate surface area is 130 Å². The van der Waals surface area contributed by atoms with Gasteiger partial charge in [0, 0.05) is 17.9 Å². The third-order valence-corrected chi connectivity index (χ3v) is 5.19. The summed E-state index contributed by atoms with van der Waals surface area (Å²) in [6, 6.07) is 8.00. The van der Waals surface area contributed by atoms with Gasteiger partial charge in [-0.2, -0.15) is 4.98 Å². The second-order valence-corrected chi connectivity index (χ2v) is 6.59. The van der Waals surface area contributed by atoms with Gasteiger partial charge in [-0.15, -0.1) is 0 Å². The van der Waals surface area contributed by atoms with Crippen LogP contribution < -0.4 is 4.74 Å². The number of hydrogen-bond acceptors (Lipinski definition) is 4. The van der Waals surface area contributed by atoms with Crippen LogP contribution in [-0.2, 0) is 6.42 Å². The van der Waals surface area contributed by atoms with Crippen LogP contribution in [0.25, 0.3) is 0 Å². The molecule has 4 rings (SSSR count). The van der Waals surface area contributed by atoms with E-state index in [1.807, 2.05) is 24.3 Å². The lowest BCUT2D eigenvalue weighted by molar-refractivity contribution is 0.360. The maximum atomic E-state index is 5.52. The predicted molar refractivity (Wildman–Crippen MR) is 82.9 cm³/mol. The van der Waals surface area contributed by atoms with Crippen LogP contribution in [0.5, 0.6) is 5.75 Å². The van der Waals surface area contributed by atoms with Crippen LogP contribution in [0.2, 0.25) is 0 Å². The Balaban J connectivity index is 1.44. The van der Waals surface area contributed by atoms with Gasteiger partial charge in [0.2, 0.25) is 5.89 Å². The normalized spacial score (nSPS) is 24.6. The molecule has 2 saturated carbocycles. The van der Waals surface area contributed by atoms with Gasteiger partial charge in [0.1, 0.15) is 5.75 Å².